The lowest BCUT2D eigenvalue weighted by Gasteiger charge is -2.14. The summed E-state index contributed by atoms with van der Waals surface area (Å²) in [6.45, 7) is 3.56. The highest BCUT2D eigenvalue weighted by Gasteiger charge is 2.07. The minimum Gasteiger partial charge on any atom is -0.508 e. The van der Waals surface area contributed by atoms with Gasteiger partial charge in [-0.3, -0.25) is 0 Å². The average molecular weight is 346 g/mol. The molecule has 2 amide bonds. The second-order valence-electron chi connectivity index (χ2n) is 5.99. The van der Waals surface area contributed by atoms with Crippen LogP contribution in [-0.2, 0) is 17.8 Å². The lowest BCUT2D eigenvalue weighted by molar-refractivity contribution is 0.104. The molecule has 0 saturated heterocycles. The monoisotopic (exact) mass is 346 g/mol. The number of urea groups is 1. The number of phenols is 1. The third kappa shape index (κ3) is 7.76. The molecule has 0 aliphatic heterocycles. The van der Waals surface area contributed by atoms with Crippen LogP contribution in [0, 0.1) is 0 Å². The number of nitrogens with one attached hydrogen (secondary N) is 2. The number of phenolic OH excluding ortho intramolecular Hbond substituents is 1. The molecular formula is C19H26N2O4. The maximum Gasteiger partial charge on any atom is 0.314 e. The Kier molecular flexibility index (Phi) is 7.85. The van der Waals surface area contributed by atoms with E-state index in [-0.39, 0.29) is 17.8 Å². The normalized spacial score (nSPS) is 11.9. The standard InChI is InChI=1S/C19H26N2O4/c1-15(5-6-16-7-9-17(22)10-8-16)21-19(23)20-11-3-12-24-14-18-4-2-13-25-18/h2,4,7-10,13,15,22H,3,5-6,11-12,14H2,1H3,(H2,20,21,23). The Labute approximate surface area is 148 Å². The van der Waals surface area contributed by atoms with Gasteiger partial charge in [-0.25, -0.2) is 4.79 Å². The van der Waals surface area contributed by atoms with Crippen molar-refractivity contribution >= 4 is 6.03 Å². The summed E-state index contributed by atoms with van der Waals surface area (Å²) in [5, 5.41) is 15.0. The molecule has 0 aliphatic carbocycles. The summed E-state index contributed by atoms with van der Waals surface area (Å²) in [5.74, 6) is 1.07. The van der Waals surface area contributed by atoms with Gasteiger partial charge in [0.15, 0.2) is 0 Å². The van der Waals surface area contributed by atoms with Gasteiger partial charge < -0.3 is 24.9 Å². The third-order valence-electron chi connectivity index (χ3n) is 3.76. The molecule has 6 heteroatoms. The molecule has 2 aromatic rings. The summed E-state index contributed by atoms with van der Waals surface area (Å²) in [7, 11) is 0. The van der Waals surface area contributed by atoms with Gasteiger partial charge in [-0.2, -0.15) is 0 Å². The van der Waals surface area contributed by atoms with Crippen molar-refractivity contribution in [2.24, 2.45) is 0 Å². The Morgan fingerprint density at radius 2 is 2.08 bits per heavy atom. The van der Waals surface area contributed by atoms with Crippen molar-refractivity contribution in [3.05, 3.63) is 54.0 Å². The van der Waals surface area contributed by atoms with Crippen molar-refractivity contribution in [3.8, 4) is 5.75 Å². The molecule has 0 aliphatic rings. The number of rotatable bonds is 10. The fourth-order valence-electron chi connectivity index (χ4n) is 2.34. The van der Waals surface area contributed by atoms with Crippen LogP contribution >= 0.6 is 0 Å². The van der Waals surface area contributed by atoms with Crippen molar-refractivity contribution in [2.75, 3.05) is 13.2 Å². The zero-order valence-electron chi connectivity index (χ0n) is 14.5. The molecule has 0 saturated carbocycles. The number of aryl methyl sites for hydroxylation is 1. The largest absolute Gasteiger partial charge is 0.508 e. The molecule has 1 aromatic heterocycles. The first-order chi connectivity index (χ1) is 12.1. The summed E-state index contributed by atoms with van der Waals surface area (Å²) in [5.41, 5.74) is 1.14. The first-order valence-corrected chi connectivity index (χ1v) is 8.56. The molecule has 0 radical (unpaired) electrons. The number of carbonyl (C=O) groups excluding carboxylic acids is 1. The van der Waals surface area contributed by atoms with E-state index >= 15 is 0 Å². The lowest BCUT2D eigenvalue weighted by atomic mass is 10.1. The van der Waals surface area contributed by atoms with Gasteiger partial charge in [0.1, 0.15) is 18.1 Å². The van der Waals surface area contributed by atoms with E-state index in [0.29, 0.717) is 19.8 Å². The lowest BCUT2D eigenvalue weighted by Crippen LogP contribution is -2.41. The van der Waals surface area contributed by atoms with Gasteiger partial charge in [-0.1, -0.05) is 12.1 Å². The number of hydrogen-bond acceptors (Lipinski definition) is 4. The molecule has 0 fully saturated rings. The van der Waals surface area contributed by atoms with Gasteiger partial charge in [0.05, 0.1) is 6.26 Å². The summed E-state index contributed by atoms with van der Waals surface area (Å²) >= 11 is 0. The van der Waals surface area contributed by atoms with Crippen molar-refractivity contribution < 1.29 is 19.1 Å². The first-order valence-electron chi connectivity index (χ1n) is 8.56. The molecule has 1 heterocycles. The fraction of sp³-hybridized carbons (Fsp3) is 0.421. The van der Waals surface area contributed by atoms with E-state index in [1.54, 1.807) is 18.4 Å². The van der Waals surface area contributed by atoms with E-state index in [4.69, 9.17) is 9.15 Å². The van der Waals surface area contributed by atoms with Crippen LogP contribution in [0.5, 0.6) is 5.75 Å². The van der Waals surface area contributed by atoms with Gasteiger partial charge in [-0.15, -0.1) is 0 Å². The van der Waals surface area contributed by atoms with Crippen LogP contribution in [0.3, 0.4) is 0 Å². The van der Waals surface area contributed by atoms with Gasteiger partial charge in [-0.05, 0) is 56.0 Å². The molecule has 3 N–H and O–H groups in total. The maximum atomic E-state index is 11.8. The average Bonchev–Trinajstić information content (AvgIpc) is 3.11. The number of furan rings is 1. The third-order valence-corrected chi connectivity index (χ3v) is 3.76. The highest BCUT2D eigenvalue weighted by Crippen LogP contribution is 2.11. The number of carbonyl (C=O) groups is 1. The van der Waals surface area contributed by atoms with Crippen LogP contribution in [0.15, 0.2) is 47.1 Å². The van der Waals surface area contributed by atoms with E-state index in [0.717, 1.165) is 30.6 Å². The highest BCUT2D eigenvalue weighted by atomic mass is 16.5. The van der Waals surface area contributed by atoms with E-state index in [1.807, 2.05) is 31.2 Å². The quantitative estimate of drug-likeness (QED) is 0.577. The molecule has 136 valence electrons. The predicted molar refractivity (Wildman–Crippen MR) is 95.4 cm³/mol. The van der Waals surface area contributed by atoms with Gasteiger partial charge in [0, 0.05) is 19.2 Å². The number of amides is 2. The van der Waals surface area contributed by atoms with Crippen LogP contribution in [0.25, 0.3) is 0 Å². The maximum absolute atomic E-state index is 11.8. The molecular weight excluding hydrogens is 320 g/mol. The topological polar surface area (TPSA) is 83.7 Å². The molecule has 0 bridgehead atoms. The zero-order valence-corrected chi connectivity index (χ0v) is 14.5. The minimum absolute atomic E-state index is 0.0732. The van der Waals surface area contributed by atoms with Crippen molar-refractivity contribution in [1.82, 2.24) is 10.6 Å². The molecule has 6 nitrogen and oxygen atoms in total. The van der Waals surface area contributed by atoms with Crippen molar-refractivity contribution in [1.29, 1.82) is 0 Å². The van der Waals surface area contributed by atoms with Crippen LogP contribution in [0.2, 0.25) is 0 Å². The van der Waals surface area contributed by atoms with Crippen LogP contribution in [-0.4, -0.2) is 30.3 Å². The van der Waals surface area contributed by atoms with Gasteiger partial charge in [0.25, 0.3) is 0 Å². The Bertz CT molecular complexity index is 611. The van der Waals surface area contributed by atoms with Gasteiger partial charge >= 0.3 is 6.03 Å². The molecule has 2 rings (SSSR count). The smallest absolute Gasteiger partial charge is 0.314 e. The molecule has 25 heavy (non-hydrogen) atoms. The van der Waals surface area contributed by atoms with Gasteiger partial charge in [0.2, 0.25) is 0 Å². The predicted octanol–water partition coefficient (Wildman–Crippen LogP) is 3.21. The fourth-order valence-corrected chi connectivity index (χ4v) is 2.34. The van der Waals surface area contributed by atoms with Crippen molar-refractivity contribution in [3.63, 3.8) is 0 Å². The summed E-state index contributed by atoms with van der Waals surface area (Å²) in [6, 6.07) is 10.7. The summed E-state index contributed by atoms with van der Waals surface area (Å²) in [4.78, 5) is 11.8. The van der Waals surface area contributed by atoms with E-state index in [9.17, 15) is 9.90 Å². The van der Waals surface area contributed by atoms with Crippen LogP contribution in [0.4, 0.5) is 4.79 Å². The Morgan fingerprint density at radius 3 is 2.80 bits per heavy atom. The zero-order chi connectivity index (χ0) is 17.9. The molecule has 1 unspecified atom stereocenters. The Balaban J connectivity index is 1.50. The second-order valence-corrected chi connectivity index (χ2v) is 5.99. The van der Waals surface area contributed by atoms with E-state index < -0.39 is 0 Å². The number of ether oxygens (including phenoxy) is 1. The van der Waals surface area contributed by atoms with Crippen LogP contribution in [0.1, 0.15) is 31.1 Å². The molecule has 1 aromatic carbocycles. The Morgan fingerprint density at radius 1 is 1.28 bits per heavy atom. The van der Waals surface area contributed by atoms with Crippen molar-refractivity contribution in [2.45, 2.75) is 38.8 Å². The van der Waals surface area contributed by atoms with E-state index in [1.165, 1.54) is 0 Å². The van der Waals surface area contributed by atoms with Crippen LogP contribution < -0.4 is 10.6 Å². The molecule has 0 spiro atoms. The number of aromatic hydroxyl groups is 1. The van der Waals surface area contributed by atoms with E-state index in [2.05, 4.69) is 10.6 Å². The minimum atomic E-state index is -0.163. The summed E-state index contributed by atoms with van der Waals surface area (Å²) in [6.07, 6.45) is 4.05. The highest BCUT2D eigenvalue weighted by molar-refractivity contribution is 5.74. The number of hydrogen-bond donors (Lipinski definition) is 3. The first kappa shape index (κ1) is 18.9. The Hall–Kier alpha value is -2.47. The second kappa shape index (κ2) is 10.4. The molecule has 1 atom stereocenters. The SMILES string of the molecule is CC(CCc1ccc(O)cc1)NC(=O)NCCCOCc1ccco1. The summed E-state index contributed by atoms with van der Waals surface area (Å²) < 4.78 is 10.6. The number of benzene rings is 1.